The van der Waals surface area contributed by atoms with Crippen LogP contribution in [0.2, 0.25) is 0 Å². The van der Waals surface area contributed by atoms with Crippen LogP contribution in [0, 0.1) is 0 Å². The van der Waals surface area contributed by atoms with Gasteiger partial charge in [-0.25, -0.2) is 15.0 Å². The molecule has 0 amide bonds. The van der Waals surface area contributed by atoms with E-state index in [4.69, 9.17) is 15.0 Å². The zero-order valence-electron chi connectivity index (χ0n) is 37.2. The highest BCUT2D eigenvalue weighted by Gasteiger charge is 2.20. The minimum Gasteiger partial charge on any atom is -0.309 e. The van der Waals surface area contributed by atoms with Crippen molar-refractivity contribution in [2.45, 2.75) is 12.8 Å². The number of allylic oxidation sites excluding steroid dienone is 4. The molecule has 0 spiro atoms. The number of pyridine rings is 1. The van der Waals surface area contributed by atoms with Crippen molar-refractivity contribution in [3.8, 4) is 67.7 Å². The monoisotopic (exact) mass is 869 g/mol. The molecule has 4 aromatic heterocycles. The second-order valence-corrected chi connectivity index (χ2v) is 17.5. The largest absolute Gasteiger partial charge is 0.309 e. The molecule has 0 aliphatic heterocycles. The van der Waals surface area contributed by atoms with Crippen molar-refractivity contribution in [1.82, 2.24) is 24.1 Å². The molecule has 0 saturated heterocycles. The Hall–Kier alpha value is -8.93. The predicted molar refractivity (Wildman–Crippen MR) is 282 cm³/mol. The molecule has 68 heavy (non-hydrogen) atoms. The lowest BCUT2D eigenvalue weighted by Crippen LogP contribution is -2.00. The number of para-hydroxylation sites is 2. The molecule has 0 bridgehead atoms. The molecule has 320 valence electrons. The summed E-state index contributed by atoms with van der Waals surface area (Å²) < 4.78 is 4.70. The molecule has 13 rings (SSSR count). The smallest absolute Gasteiger partial charge is 0.160 e. The topological polar surface area (TPSA) is 48.5 Å². The second-order valence-electron chi connectivity index (χ2n) is 17.5. The lowest BCUT2D eigenvalue weighted by molar-refractivity contribution is 1.03. The second kappa shape index (κ2) is 16.5. The summed E-state index contributed by atoms with van der Waals surface area (Å²) in [5, 5.41) is 4.73. The van der Waals surface area contributed by atoms with Gasteiger partial charge in [0.1, 0.15) is 5.82 Å². The third-order valence-corrected chi connectivity index (χ3v) is 13.4. The van der Waals surface area contributed by atoms with Crippen molar-refractivity contribution in [2.24, 2.45) is 0 Å². The van der Waals surface area contributed by atoms with E-state index in [9.17, 15) is 0 Å². The molecule has 5 nitrogen and oxygen atoms in total. The van der Waals surface area contributed by atoms with Crippen LogP contribution >= 0.6 is 0 Å². The van der Waals surface area contributed by atoms with Gasteiger partial charge in [0.15, 0.2) is 5.82 Å². The van der Waals surface area contributed by atoms with Gasteiger partial charge < -0.3 is 4.57 Å². The summed E-state index contributed by atoms with van der Waals surface area (Å²) in [5.41, 5.74) is 17.1. The van der Waals surface area contributed by atoms with E-state index in [2.05, 4.69) is 240 Å². The van der Waals surface area contributed by atoms with Gasteiger partial charge in [-0.1, -0.05) is 164 Å². The van der Waals surface area contributed by atoms with Crippen LogP contribution in [0.5, 0.6) is 0 Å². The fraction of sp³-hybridized carbons (Fsp3) is 0.0317. The zero-order chi connectivity index (χ0) is 45.0. The molecule has 5 heteroatoms. The molecule has 0 unspecified atom stereocenters. The van der Waals surface area contributed by atoms with Crippen LogP contribution in [0.4, 0.5) is 0 Å². The van der Waals surface area contributed by atoms with Gasteiger partial charge >= 0.3 is 0 Å². The quantitative estimate of drug-likeness (QED) is 0.153. The molecule has 0 N–H and O–H groups in total. The Morgan fingerprint density at radius 1 is 0.324 bits per heavy atom. The third kappa shape index (κ3) is 6.92. The van der Waals surface area contributed by atoms with E-state index in [-0.39, 0.29) is 0 Å². The standard InChI is InChI=1S/C63H43N5/c1-5-17-42(18-6-1)49-39-55(44-19-7-2-8-20-44)64-62(40-49)68-60-35-31-47(43-29-33-50(34-30-43)67-58-27-15-13-25-51(58)52-26-14-16-28-59(52)67)37-53(60)54-38-48(32-36-61(54)68)63-65-56(45-21-9-3-10-22-45)41-57(66-63)46-23-11-4-12-24-46/h1-3,5-11,13-41H,4,12H2. The summed E-state index contributed by atoms with van der Waals surface area (Å²) in [6.45, 7) is 0. The summed E-state index contributed by atoms with van der Waals surface area (Å²) >= 11 is 0. The first-order valence-corrected chi connectivity index (χ1v) is 23.3. The molecule has 1 aliphatic carbocycles. The maximum atomic E-state index is 5.44. The van der Waals surface area contributed by atoms with Gasteiger partial charge in [-0.2, -0.15) is 0 Å². The van der Waals surface area contributed by atoms with Crippen molar-refractivity contribution < 1.29 is 0 Å². The van der Waals surface area contributed by atoms with E-state index in [0.29, 0.717) is 5.82 Å². The Balaban J connectivity index is 1.01. The Morgan fingerprint density at radius 2 is 0.838 bits per heavy atom. The van der Waals surface area contributed by atoms with E-state index in [1.807, 2.05) is 6.07 Å². The van der Waals surface area contributed by atoms with Crippen LogP contribution in [0.25, 0.3) is 117 Å². The highest BCUT2D eigenvalue weighted by Crippen LogP contribution is 2.40. The van der Waals surface area contributed by atoms with Crippen molar-refractivity contribution in [3.63, 3.8) is 0 Å². The lowest BCUT2D eigenvalue weighted by atomic mass is 10.0. The highest BCUT2D eigenvalue weighted by atomic mass is 15.1. The van der Waals surface area contributed by atoms with Crippen molar-refractivity contribution in [3.05, 3.63) is 242 Å². The van der Waals surface area contributed by atoms with Crippen molar-refractivity contribution in [1.29, 1.82) is 0 Å². The molecular weight excluding hydrogens is 827 g/mol. The normalized spacial score (nSPS) is 12.6. The number of rotatable bonds is 8. The molecule has 0 atom stereocenters. The number of benzene rings is 8. The van der Waals surface area contributed by atoms with Gasteiger partial charge in [-0.15, -0.1) is 0 Å². The number of hydrogen-bond acceptors (Lipinski definition) is 3. The SMILES string of the molecule is C1=CC(c2cc(-c3ccccc3)nc(-c3ccc4c(c3)c3cc(-c5ccc(-n6c7ccccc7c7ccccc76)cc5)ccc3n4-c3cc(-c4ccccc4)cc(-c4ccccc4)n3)n2)=CCC1. The maximum Gasteiger partial charge on any atom is 0.160 e. The average Bonchev–Trinajstić information content (AvgIpc) is 3.94. The molecule has 1 aliphatic rings. The van der Waals surface area contributed by atoms with Gasteiger partial charge in [0, 0.05) is 43.9 Å². The summed E-state index contributed by atoms with van der Waals surface area (Å²) in [7, 11) is 0. The first-order valence-electron chi connectivity index (χ1n) is 23.3. The van der Waals surface area contributed by atoms with E-state index < -0.39 is 0 Å². The Bertz CT molecular complexity index is 3820. The first-order chi connectivity index (χ1) is 33.7. The van der Waals surface area contributed by atoms with Gasteiger partial charge in [0.25, 0.3) is 0 Å². The minimum atomic E-state index is 0.691. The highest BCUT2D eigenvalue weighted by molar-refractivity contribution is 6.12. The molecule has 0 saturated carbocycles. The average molecular weight is 870 g/mol. The fourth-order valence-electron chi connectivity index (χ4n) is 10.1. The van der Waals surface area contributed by atoms with Crippen LogP contribution in [0.15, 0.2) is 237 Å². The van der Waals surface area contributed by atoms with E-state index in [0.717, 1.165) is 108 Å². The van der Waals surface area contributed by atoms with Crippen LogP contribution in [0.3, 0.4) is 0 Å². The van der Waals surface area contributed by atoms with Crippen LogP contribution in [0.1, 0.15) is 18.5 Å². The zero-order valence-corrected chi connectivity index (χ0v) is 37.2. The summed E-state index contributed by atoms with van der Waals surface area (Å²) in [6, 6.07) is 77.9. The van der Waals surface area contributed by atoms with Crippen molar-refractivity contribution >= 4 is 49.2 Å². The molecule has 0 fully saturated rings. The van der Waals surface area contributed by atoms with Gasteiger partial charge in [0.05, 0.1) is 39.1 Å². The number of fused-ring (bicyclic) bond motifs is 6. The Kier molecular flexibility index (Phi) is 9.57. The first kappa shape index (κ1) is 39.4. The molecule has 12 aromatic rings. The number of nitrogens with zero attached hydrogens (tertiary/aromatic N) is 5. The number of aromatic nitrogens is 5. The minimum absolute atomic E-state index is 0.691. The molecular formula is C63H43N5. The van der Waals surface area contributed by atoms with Gasteiger partial charge in [0.2, 0.25) is 0 Å². The third-order valence-electron chi connectivity index (χ3n) is 13.4. The number of hydrogen-bond donors (Lipinski definition) is 0. The molecule has 0 radical (unpaired) electrons. The summed E-state index contributed by atoms with van der Waals surface area (Å²) in [4.78, 5) is 16.0. The Morgan fingerprint density at radius 3 is 1.47 bits per heavy atom. The van der Waals surface area contributed by atoms with E-state index in [1.165, 1.54) is 21.8 Å². The fourth-order valence-corrected chi connectivity index (χ4v) is 10.1. The predicted octanol–water partition coefficient (Wildman–Crippen LogP) is 16.1. The molecule has 8 aromatic carbocycles. The van der Waals surface area contributed by atoms with Crippen LogP contribution < -0.4 is 0 Å². The van der Waals surface area contributed by atoms with E-state index in [1.54, 1.807) is 0 Å². The summed E-state index contributed by atoms with van der Waals surface area (Å²) in [6.07, 6.45) is 8.75. The Labute approximate surface area is 394 Å². The molecule has 4 heterocycles. The van der Waals surface area contributed by atoms with Crippen molar-refractivity contribution in [2.75, 3.05) is 0 Å². The van der Waals surface area contributed by atoms with Gasteiger partial charge in [-0.05, 0) is 113 Å². The lowest BCUT2D eigenvalue weighted by Gasteiger charge is -2.13. The summed E-state index contributed by atoms with van der Waals surface area (Å²) in [5.74, 6) is 1.54. The van der Waals surface area contributed by atoms with E-state index >= 15 is 0 Å². The van der Waals surface area contributed by atoms with Crippen LogP contribution in [-0.2, 0) is 0 Å². The maximum absolute atomic E-state index is 5.44. The van der Waals surface area contributed by atoms with Crippen LogP contribution in [-0.4, -0.2) is 24.1 Å². The van der Waals surface area contributed by atoms with Gasteiger partial charge in [-0.3, -0.25) is 4.57 Å².